The summed E-state index contributed by atoms with van der Waals surface area (Å²) in [6, 6.07) is 17.1. The van der Waals surface area contributed by atoms with Crippen LogP contribution in [0.25, 0.3) is 0 Å². The molecular formula is C23H28N3O3+. The summed E-state index contributed by atoms with van der Waals surface area (Å²) in [5.74, 6) is -0.662. The number of likely N-dealkylation sites (N-methyl/N-ethyl adjacent to an activating group) is 1. The highest BCUT2D eigenvalue weighted by atomic mass is 16.5. The summed E-state index contributed by atoms with van der Waals surface area (Å²) >= 11 is 0. The van der Waals surface area contributed by atoms with E-state index in [9.17, 15) is 9.59 Å². The van der Waals surface area contributed by atoms with Gasteiger partial charge in [0.2, 0.25) is 0 Å². The number of carbonyl (C=O) groups is 2. The smallest absolute Gasteiger partial charge is 0.339 e. The fourth-order valence-corrected chi connectivity index (χ4v) is 3.58. The highest BCUT2D eigenvalue weighted by Gasteiger charge is 2.38. The van der Waals surface area contributed by atoms with Gasteiger partial charge < -0.3 is 9.22 Å². The minimum atomic E-state index is -0.432. The molecule has 6 heteroatoms. The number of hydrogen-bond donors (Lipinski definition) is 1. The van der Waals surface area contributed by atoms with Gasteiger partial charge in [-0.15, -0.1) is 0 Å². The molecule has 1 heterocycles. The van der Waals surface area contributed by atoms with Gasteiger partial charge in [0.25, 0.3) is 5.91 Å². The van der Waals surface area contributed by atoms with Crippen molar-refractivity contribution < 1.29 is 18.8 Å². The highest BCUT2D eigenvalue weighted by molar-refractivity contribution is 6.04. The number of fused-ring (bicyclic) bond motifs is 1. The molecule has 0 fully saturated rings. The van der Waals surface area contributed by atoms with Crippen LogP contribution in [0.4, 0.5) is 0 Å². The second kappa shape index (κ2) is 8.57. The molecule has 1 N–H and O–H groups in total. The topological polar surface area (TPSA) is 67.8 Å². The zero-order chi connectivity index (χ0) is 21.0. The molecule has 1 amide bonds. The summed E-state index contributed by atoms with van der Waals surface area (Å²) in [7, 11) is 5.85. The van der Waals surface area contributed by atoms with Crippen LogP contribution >= 0.6 is 0 Å². The van der Waals surface area contributed by atoms with Crippen molar-refractivity contribution in [3.63, 3.8) is 0 Å². The molecule has 0 aromatic heterocycles. The number of hydrogen-bond acceptors (Lipinski definition) is 4. The number of esters is 1. The number of rotatable bonds is 7. The summed E-state index contributed by atoms with van der Waals surface area (Å²) in [4.78, 5) is 24.7. The lowest BCUT2D eigenvalue weighted by Crippen LogP contribution is -2.43. The second-order valence-corrected chi connectivity index (χ2v) is 8.27. The molecule has 0 spiro atoms. The first-order chi connectivity index (χ1) is 13.8. The molecule has 0 aliphatic carbocycles. The standard InChI is InChI=1S/C23H27N3O3/c1-5-17(22-18-13-9-10-14-19(18)23(28)29-22)21(16-11-7-6-8-12-16)25-24-20(27)15-26(2,3)4/h6-14,17,22H,5,15H2,1-4H3/p+1/b25-21-. The fraction of sp³-hybridized carbons (Fsp3) is 0.348. The zero-order valence-corrected chi connectivity index (χ0v) is 17.4. The maximum Gasteiger partial charge on any atom is 0.339 e. The number of nitrogens with zero attached hydrogens (tertiary/aromatic N) is 2. The Kier molecular flexibility index (Phi) is 6.13. The lowest BCUT2D eigenvalue weighted by molar-refractivity contribution is -0.862. The Hall–Kier alpha value is -2.99. The lowest BCUT2D eigenvalue weighted by Gasteiger charge is -2.25. The van der Waals surface area contributed by atoms with E-state index in [0.29, 0.717) is 28.7 Å². The Bertz CT molecular complexity index is 916. The van der Waals surface area contributed by atoms with E-state index in [1.807, 2.05) is 76.6 Å². The SMILES string of the molecule is CCC(/C(=N\NC(=O)C[N+](C)(C)C)c1ccccc1)C1OC(=O)c2ccccc21. The molecule has 6 nitrogen and oxygen atoms in total. The molecule has 1 aliphatic heterocycles. The van der Waals surface area contributed by atoms with Gasteiger partial charge in [0.1, 0.15) is 6.10 Å². The van der Waals surface area contributed by atoms with E-state index in [-0.39, 0.29) is 17.8 Å². The number of hydrazone groups is 1. The number of nitrogens with one attached hydrogen (secondary N) is 1. The third-order valence-corrected chi connectivity index (χ3v) is 4.87. The lowest BCUT2D eigenvalue weighted by atomic mass is 9.85. The van der Waals surface area contributed by atoms with E-state index in [4.69, 9.17) is 4.74 Å². The summed E-state index contributed by atoms with van der Waals surface area (Å²) in [5.41, 5.74) is 5.77. The van der Waals surface area contributed by atoms with Crippen molar-refractivity contribution in [3.8, 4) is 0 Å². The van der Waals surface area contributed by atoms with Crippen LogP contribution < -0.4 is 5.43 Å². The van der Waals surface area contributed by atoms with Gasteiger partial charge in [-0.25, -0.2) is 10.2 Å². The van der Waals surface area contributed by atoms with Crippen molar-refractivity contribution in [3.05, 3.63) is 71.3 Å². The number of cyclic esters (lactones) is 1. The van der Waals surface area contributed by atoms with Crippen molar-refractivity contribution in [2.24, 2.45) is 11.0 Å². The van der Waals surface area contributed by atoms with Crippen LogP contribution in [0.3, 0.4) is 0 Å². The van der Waals surface area contributed by atoms with Crippen LogP contribution in [0, 0.1) is 5.92 Å². The Balaban J connectivity index is 1.96. The third-order valence-electron chi connectivity index (χ3n) is 4.87. The molecule has 1 aliphatic rings. The number of amides is 1. The minimum Gasteiger partial charge on any atom is -0.453 e. The second-order valence-electron chi connectivity index (χ2n) is 8.27. The van der Waals surface area contributed by atoms with Gasteiger partial charge in [-0.05, 0) is 18.1 Å². The quantitative estimate of drug-likeness (QED) is 0.339. The molecule has 0 radical (unpaired) electrons. The van der Waals surface area contributed by atoms with Crippen molar-refractivity contribution in [1.29, 1.82) is 0 Å². The van der Waals surface area contributed by atoms with Crippen LogP contribution in [-0.2, 0) is 9.53 Å². The van der Waals surface area contributed by atoms with Gasteiger partial charge in [0.15, 0.2) is 6.54 Å². The van der Waals surface area contributed by atoms with Gasteiger partial charge >= 0.3 is 5.97 Å². The van der Waals surface area contributed by atoms with Gasteiger partial charge in [-0.1, -0.05) is 55.5 Å². The molecule has 3 rings (SSSR count). The molecule has 2 atom stereocenters. The Morgan fingerprint density at radius 2 is 1.76 bits per heavy atom. The van der Waals surface area contributed by atoms with Crippen molar-refractivity contribution >= 4 is 17.6 Å². The molecule has 2 unspecified atom stereocenters. The Labute approximate surface area is 171 Å². The normalized spacial score (nSPS) is 17.4. The predicted octanol–water partition coefficient (Wildman–Crippen LogP) is 3.15. The summed E-state index contributed by atoms with van der Waals surface area (Å²) in [5, 5.41) is 4.51. The first kappa shape index (κ1) is 20.7. The molecule has 0 saturated heterocycles. The predicted molar refractivity (Wildman–Crippen MR) is 112 cm³/mol. The summed E-state index contributed by atoms with van der Waals surface area (Å²) in [6.45, 7) is 2.34. The van der Waals surface area contributed by atoms with E-state index in [1.165, 1.54) is 0 Å². The van der Waals surface area contributed by atoms with Crippen LogP contribution in [-0.4, -0.2) is 49.8 Å². The van der Waals surface area contributed by atoms with E-state index in [0.717, 1.165) is 11.1 Å². The molecule has 152 valence electrons. The average Bonchev–Trinajstić information content (AvgIpc) is 3.01. The Morgan fingerprint density at radius 1 is 1.10 bits per heavy atom. The number of quaternary nitrogens is 1. The maximum absolute atomic E-state index is 12.4. The van der Waals surface area contributed by atoms with Crippen molar-refractivity contribution in [1.82, 2.24) is 5.43 Å². The first-order valence-corrected chi connectivity index (χ1v) is 9.82. The fourth-order valence-electron chi connectivity index (χ4n) is 3.58. The van der Waals surface area contributed by atoms with Crippen LogP contribution in [0.2, 0.25) is 0 Å². The maximum atomic E-state index is 12.4. The average molecular weight is 394 g/mol. The number of ether oxygens (including phenoxy) is 1. The molecular weight excluding hydrogens is 366 g/mol. The summed E-state index contributed by atoms with van der Waals surface area (Å²) < 4.78 is 6.25. The zero-order valence-electron chi connectivity index (χ0n) is 17.4. The molecule has 2 aromatic rings. The molecule has 0 bridgehead atoms. The van der Waals surface area contributed by atoms with E-state index in [1.54, 1.807) is 6.07 Å². The minimum absolute atomic E-state index is 0.162. The largest absolute Gasteiger partial charge is 0.453 e. The molecule has 0 saturated carbocycles. The highest BCUT2D eigenvalue weighted by Crippen LogP contribution is 2.39. The van der Waals surface area contributed by atoms with Crippen LogP contribution in [0.15, 0.2) is 59.7 Å². The van der Waals surface area contributed by atoms with Crippen molar-refractivity contribution in [2.45, 2.75) is 19.4 Å². The number of benzene rings is 2. The van der Waals surface area contributed by atoms with Gasteiger partial charge in [0, 0.05) is 11.5 Å². The molecule has 29 heavy (non-hydrogen) atoms. The number of carbonyl (C=O) groups excluding carboxylic acids is 2. The first-order valence-electron chi connectivity index (χ1n) is 9.82. The van der Waals surface area contributed by atoms with Crippen LogP contribution in [0.5, 0.6) is 0 Å². The van der Waals surface area contributed by atoms with E-state index in [2.05, 4.69) is 10.5 Å². The van der Waals surface area contributed by atoms with E-state index >= 15 is 0 Å². The van der Waals surface area contributed by atoms with Gasteiger partial charge in [-0.2, -0.15) is 5.10 Å². The monoisotopic (exact) mass is 394 g/mol. The summed E-state index contributed by atoms with van der Waals surface area (Å²) in [6.07, 6.45) is 0.267. The van der Waals surface area contributed by atoms with E-state index < -0.39 is 6.10 Å². The molecule has 2 aromatic carbocycles. The van der Waals surface area contributed by atoms with Crippen LogP contribution in [0.1, 0.15) is 40.9 Å². The third kappa shape index (κ3) is 4.90. The van der Waals surface area contributed by atoms with Gasteiger partial charge in [-0.3, -0.25) is 4.79 Å². The van der Waals surface area contributed by atoms with Crippen molar-refractivity contribution in [2.75, 3.05) is 27.7 Å². The Morgan fingerprint density at radius 3 is 2.41 bits per heavy atom. The van der Waals surface area contributed by atoms with Gasteiger partial charge in [0.05, 0.1) is 32.4 Å².